The lowest BCUT2D eigenvalue weighted by molar-refractivity contribution is -0.114. The predicted molar refractivity (Wildman–Crippen MR) is 127 cm³/mol. The fourth-order valence-electron chi connectivity index (χ4n) is 9.91. The second kappa shape index (κ2) is 8.18. The lowest BCUT2D eigenvalue weighted by Crippen LogP contribution is -2.59. The molecule has 7 unspecified atom stereocenters. The molecule has 1 aliphatic heterocycles. The van der Waals surface area contributed by atoms with Crippen LogP contribution in [0.4, 0.5) is 0 Å². The molecule has 1 saturated heterocycles. The molecule has 1 spiro atoms. The van der Waals surface area contributed by atoms with Gasteiger partial charge in [0.15, 0.2) is 0 Å². The van der Waals surface area contributed by atoms with Crippen molar-refractivity contribution in [3.63, 3.8) is 0 Å². The minimum absolute atomic E-state index is 0.0788. The zero-order valence-corrected chi connectivity index (χ0v) is 22.2. The van der Waals surface area contributed by atoms with E-state index in [0.29, 0.717) is 24.2 Å². The lowest BCUT2D eigenvalue weighted by atomic mass is 9.44. The molecule has 0 aromatic rings. The molecule has 5 fully saturated rings. The van der Waals surface area contributed by atoms with Crippen molar-refractivity contribution in [2.24, 2.45) is 46.3 Å². The molecule has 5 nitrogen and oxygen atoms in total. The molecule has 6 heteroatoms. The molecule has 5 aliphatic rings. The van der Waals surface area contributed by atoms with Crippen molar-refractivity contribution in [3.8, 4) is 0 Å². The molecule has 0 aromatic heterocycles. The van der Waals surface area contributed by atoms with E-state index in [4.69, 9.17) is 8.92 Å². The zero-order chi connectivity index (χ0) is 23.8. The van der Waals surface area contributed by atoms with E-state index < -0.39 is 16.5 Å². The van der Waals surface area contributed by atoms with Gasteiger partial charge in [-0.1, -0.05) is 53.9 Å². The Bertz CT molecular complexity index is 857. The van der Waals surface area contributed by atoms with E-state index in [1.54, 1.807) is 0 Å². The van der Waals surface area contributed by atoms with Gasteiger partial charge in [-0.3, -0.25) is 4.18 Å². The highest BCUT2D eigenvalue weighted by molar-refractivity contribution is 7.80. The van der Waals surface area contributed by atoms with Crippen LogP contribution in [0.2, 0.25) is 0 Å². The summed E-state index contributed by atoms with van der Waals surface area (Å²) < 4.78 is 45.0. The van der Waals surface area contributed by atoms with E-state index >= 15 is 0 Å². The first-order valence-corrected chi connectivity index (χ1v) is 15.0. The topological polar surface area (TPSA) is 79.0 Å². The zero-order valence-electron chi connectivity index (χ0n) is 21.3. The minimum atomic E-state index is -4.66. The van der Waals surface area contributed by atoms with Crippen molar-refractivity contribution in [1.29, 1.82) is 0 Å². The van der Waals surface area contributed by atoms with Crippen LogP contribution in [0.3, 0.4) is 0 Å². The number of fused-ring (bicyclic) bond motifs is 4. The molecule has 33 heavy (non-hydrogen) atoms. The Hall–Kier alpha value is -0.170. The van der Waals surface area contributed by atoms with Crippen LogP contribution in [0.1, 0.15) is 105 Å². The number of ether oxygens (including phenoxy) is 1. The van der Waals surface area contributed by atoms with Crippen molar-refractivity contribution >= 4 is 10.4 Å². The fraction of sp³-hybridized carbons (Fsp3) is 1.00. The fourth-order valence-corrected chi connectivity index (χ4v) is 10.4. The van der Waals surface area contributed by atoms with Crippen molar-refractivity contribution in [2.75, 3.05) is 0 Å². The average Bonchev–Trinajstić information content (AvgIpc) is 3.27. The van der Waals surface area contributed by atoms with E-state index in [0.717, 1.165) is 42.4 Å². The smallest absolute Gasteiger partial charge is 0.217 e. The highest BCUT2D eigenvalue weighted by atomic mass is 32.3. The molecule has 5 rings (SSSR count). The highest BCUT2D eigenvalue weighted by Crippen LogP contribution is 2.74. The van der Waals surface area contributed by atoms with Gasteiger partial charge in [-0.05, 0) is 85.9 Å². The number of epoxide rings is 1. The van der Waals surface area contributed by atoms with Gasteiger partial charge in [0.25, 0.3) is 0 Å². The third-order valence-corrected chi connectivity index (χ3v) is 12.0. The Morgan fingerprint density at radius 1 is 1.03 bits per heavy atom. The SMILES string of the molecule is CC(C)CCCC(C)C1CCC2C3CC4OC45C[C@@H](OS(=O)(=O)[O-])CC[C@]5(C)C3CC[C@]12C. The van der Waals surface area contributed by atoms with Crippen LogP contribution in [-0.4, -0.2) is 30.8 Å². The molecule has 0 radical (unpaired) electrons. The third-order valence-electron chi connectivity index (χ3n) is 11.5. The van der Waals surface area contributed by atoms with Crippen molar-refractivity contribution < 1.29 is 21.9 Å². The van der Waals surface area contributed by atoms with E-state index in [2.05, 4.69) is 34.6 Å². The van der Waals surface area contributed by atoms with Crippen LogP contribution >= 0.6 is 0 Å². The summed E-state index contributed by atoms with van der Waals surface area (Å²) in [5, 5.41) is 0. The van der Waals surface area contributed by atoms with Gasteiger partial charge in [0.2, 0.25) is 10.4 Å². The number of hydrogen-bond acceptors (Lipinski definition) is 5. The molecule has 0 aromatic carbocycles. The quantitative estimate of drug-likeness (QED) is 0.250. The van der Waals surface area contributed by atoms with E-state index in [1.807, 2.05) is 0 Å². The molecule has 0 N–H and O–H groups in total. The minimum Gasteiger partial charge on any atom is -0.726 e. The summed E-state index contributed by atoms with van der Waals surface area (Å²) in [6, 6.07) is 0. The summed E-state index contributed by atoms with van der Waals surface area (Å²) >= 11 is 0. The van der Waals surface area contributed by atoms with Gasteiger partial charge in [-0.25, -0.2) is 8.42 Å². The predicted octanol–water partition coefficient (Wildman–Crippen LogP) is 6.08. The first-order chi connectivity index (χ1) is 15.4. The number of rotatable bonds is 7. The summed E-state index contributed by atoms with van der Waals surface area (Å²) in [5.74, 6) is 4.63. The molecule has 1 heterocycles. The summed E-state index contributed by atoms with van der Waals surface area (Å²) in [5.41, 5.74) is 0.271. The van der Waals surface area contributed by atoms with Crippen LogP contribution in [0, 0.1) is 46.3 Å². The summed E-state index contributed by atoms with van der Waals surface area (Å²) in [7, 11) is -4.66. The van der Waals surface area contributed by atoms with Crippen LogP contribution in [0.15, 0.2) is 0 Å². The van der Waals surface area contributed by atoms with Gasteiger partial charge >= 0.3 is 0 Å². The third kappa shape index (κ3) is 3.94. The van der Waals surface area contributed by atoms with Gasteiger partial charge in [0, 0.05) is 11.8 Å². The van der Waals surface area contributed by atoms with E-state index in [1.165, 1.54) is 44.9 Å². The Morgan fingerprint density at radius 2 is 1.79 bits per heavy atom. The van der Waals surface area contributed by atoms with E-state index in [9.17, 15) is 13.0 Å². The largest absolute Gasteiger partial charge is 0.726 e. The Labute approximate surface area is 201 Å². The van der Waals surface area contributed by atoms with Gasteiger partial charge in [-0.15, -0.1) is 0 Å². The normalized spacial score (nSPS) is 49.7. The van der Waals surface area contributed by atoms with Gasteiger partial charge < -0.3 is 9.29 Å². The molecule has 190 valence electrons. The molecular weight excluding hydrogens is 436 g/mol. The monoisotopic (exact) mass is 481 g/mol. The highest BCUT2D eigenvalue weighted by Gasteiger charge is 2.76. The van der Waals surface area contributed by atoms with Crippen LogP contribution in [0.25, 0.3) is 0 Å². The first kappa shape index (κ1) is 24.5. The summed E-state index contributed by atoms with van der Waals surface area (Å²) in [4.78, 5) is 0. The van der Waals surface area contributed by atoms with Crippen LogP contribution in [-0.2, 0) is 19.3 Å². The standard InChI is InChI=1S/C27H46O5S/c1-17(2)7-6-8-18(3)21-9-10-22-20-15-24-27(31-24)16-19(32-33(28,29)30)11-14-26(27,5)23(20)12-13-25(21,22)4/h17-24H,6-16H2,1-5H3,(H,28,29,30)/p-1/t18?,19-,20?,21?,22?,23?,24?,25+,26+,27?/m0/s1. The van der Waals surface area contributed by atoms with Crippen molar-refractivity contribution in [2.45, 2.75) is 123 Å². The molecule has 4 aliphatic carbocycles. The second-order valence-electron chi connectivity index (χ2n) is 13.4. The molecule has 0 bridgehead atoms. The Kier molecular flexibility index (Phi) is 6.08. The first-order valence-electron chi connectivity index (χ1n) is 13.7. The molecular formula is C27H45O5S-. The van der Waals surface area contributed by atoms with Crippen molar-refractivity contribution in [1.82, 2.24) is 0 Å². The maximum Gasteiger partial charge on any atom is 0.217 e. The summed E-state index contributed by atoms with van der Waals surface area (Å²) in [6.07, 6.45) is 12.4. The second-order valence-corrected chi connectivity index (χ2v) is 14.4. The summed E-state index contributed by atoms with van der Waals surface area (Å²) in [6.45, 7) is 12.2. The molecule has 10 atom stereocenters. The molecule has 0 amide bonds. The van der Waals surface area contributed by atoms with Crippen LogP contribution in [0.5, 0.6) is 0 Å². The lowest BCUT2D eigenvalue weighted by Gasteiger charge is -2.59. The Balaban J connectivity index is 1.31. The maximum absolute atomic E-state index is 11.2. The van der Waals surface area contributed by atoms with Gasteiger partial charge in [0.1, 0.15) is 5.60 Å². The molecule has 4 saturated carbocycles. The number of hydrogen-bond donors (Lipinski definition) is 0. The van der Waals surface area contributed by atoms with Gasteiger partial charge in [0.05, 0.1) is 12.2 Å². The Morgan fingerprint density at radius 3 is 2.48 bits per heavy atom. The average molecular weight is 482 g/mol. The van der Waals surface area contributed by atoms with E-state index in [-0.39, 0.29) is 17.1 Å². The van der Waals surface area contributed by atoms with Gasteiger partial charge in [-0.2, -0.15) is 0 Å². The van der Waals surface area contributed by atoms with Crippen LogP contribution < -0.4 is 0 Å². The van der Waals surface area contributed by atoms with Crippen molar-refractivity contribution in [3.05, 3.63) is 0 Å². The maximum atomic E-state index is 11.2.